The van der Waals surface area contributed by atoms with Crippen molar-refractivity contribution in [3.05, 3.63) is 45.6 Å². The lowest BCUT2D eigenvalue weighted by Gasteiger charge is -2.13. The first kappa shape index (κ1) is 15.5. The van der Waals surface area contributed by atoms with Crippen LogP contribution in [0.25, 0.3) is 16.9 Å². The summed E-state index contributed by atoms with van der Waals surface area (Å²) in [4.78, 5) is 0. The van der Waals surface area contributed by atoms with Crippen LogP contribution in [0.5, 0.6) is 5.75 Å². The van der Waals surface area contributed by atoms with Crippen molar-refractivity contribution in [2.75, 3.05) is 19.0 Å². The molecule has 0 radical (unpaired) electrons. The summed E-state index contributed by atoms with van der Waals surface area (Å²) in [5.74, 6) is 1.81. The number of ether oxygens (including phenoxy) is 1. The van der Waals surface area contributed by atoms with Gasteiger partial charge >= 0.3 is 0 Å². The van der Waals surface area contributed by atoms with Crippen molar-refractivity contribution in [2.45, 2.75) is 19.3 Å². The van der Waals surface area contributed by atoms with Crippen LogP contribution in [0.15, 0.2) is 35.0 Å². The highest BCUT2D eigenvalue weighted by atomic mass is 35.5. The van der Waals surface area contributed by atoms with E-state index in [1.807, 2.05) is 22.9 Å². The molecular weight excluding hydrogens is 342 g/mol. The molecule has 1 aromatic carbocycles. The number of fused-ring (bicyclic) bond motifs is 1. The zero-order chi connectivity index (χ0) is 16.5. The van der Waals surface area contributed by atoms with Gasteiger partial charge in [-0.15, -0.1) is 0 Å². The number of hydrogen-bond acceptors (Lipinski definition) is 4. The summed E-state index contributed by atoms with van der Waals surface area (Å²) in [6.07, 6.45) is 3.34. The molecule has 1 N–H and O–H groups in total. The summed E-state index contributed by atoms with van der Waals surface area (Å²) in [6.45, 7) is 0.949. The molecule has 1 aliphatic heterocycles. The second kappa shape index (κ2) is 6.49. The van der Waals surface area contributed by atoms with E-state index in [4.69, 9.17) is 21.4 Å². The third-order valence-corrected chi connectivity index (χ3v) is 5.21. The van der Waals surface area contributed by atoms with Gasteiger partial charge in [-0.05, 0) is 48.9 Å². The molecule has 4 rings (SSSR count). The number of thiophene rings is 1. The van der Waals surface area contributed by atoms with Crippen molar-refractivity contribution in [3.63, 3.8) is 0 Å². The molecule has 124 valence electrons. The van der Waals surface area contributed by atoms with Gasteiger partial charge in [0.2, 0.25) is 0 Å². The Bertz CT molecular complexity index is 858. The average Bonchev–Trinajstić information content (AvgIpc) is 3.17. The first-order valence-electron chi connectivity index (χ1n) is 8.00. The number of nitrogens with zero attached hydrogens (tertiary/aromatic N) is 2. The van der Waals surface area contributed by atoms with Gasteiger partial charge in [0.05, 0.1) is 12.8 Å². The molecule has 0 spiro atoms. The van der Waals surface area contributed by atoms with Crippen LogP contribution in [-0.4, -0.2) is 23.4 Å². The van der Waals surface area contributed by atoms with E-state index in [0.29, 0.717) is 5.02 Å². The lowest BCUT2D eigenvalue weighted by molar-refractivity contribution is 0.412. The minimum absolute atomic E-state index is 0.667. The van der Waals surface area contributed by atoms with Crippen LogP contribution in [0.1, 0.15) is 18.4 Å². The van der Waals surface area contributed by atoms with Crippen molar-refractivity contribution in [1.82, 2.24) is 9.78 Å². The maximum Gasteiger partial charge on any atom is 0.144 e. The van der Waals surface area contributed by atoms with Gasteiger partial charge in [-0.2, -0.15) is 16.4 Å². The van der Waals surface area contributed by atoms with Crippen LogP contribution >= 0.6 is 22.9 Å². The first-order valence-corrected chi connectivity index (χ1v) is 9.32. The molecule has 0 saturated heterocycles. The number of nitrogens with one attached hydrogen (secondary N) is 1. The molecule has 0 atom stereocenters. The monoisotopic (exact) mass is 359 g/mol. The average molecular weight is 360 g/mol. The Balaban J connectivity index is 1.95. The number of aromatic nitrogens is 2. The van der Waals surface area contributed by atoms with Gasteiger partial charge in [-0.3, -0.25) is 0 Å². The summed E-state index contributed by atoms with van der Waals surface area (Å²) in [5, 5.41) is 13.4. The van der Waals surface area contributed by atoms with Gasteiger partial charge in [-0.25, -0.2) is 4.68 Å². The Kier molecular flexibility index (Phi) is 4.21. The summed E-state index contributed by atoms with van der Waals surface area (Å²) in [6, 6.07) is 7.74. The topological polar surface area (TPSA) is 39.1 Å². The van der Waals surface area contributed by atoms with Crippen LogP contribution in [0.2, 0.25) is 5.02 Å². The molecule has 4 nitrogen and oxygen atoms in total. The largest absolute Gasteiger partial charge is 0.494 e. The van der Waals surface area contributed by atoms with Crippen LogP contribution in [0, 0.1) is 0 Å². The van der Waals surface area contributed by atoms with Crippen LogP contribution in [-0.2, 0) is 6.42 Å². The third kappa shape index (κ3) is 2.68. The van der Waals surface area contributed by atoms with Crippen molar-refractivity contribution < 1.29 is 4.74 Å². The van der Waals surface area contributed by atoms with Crippen molar-refractivity contribution >= 4 is 28.8 Å². The molecule has 0 fully saturated rings. The quantitative estimate of drug-likeness (QED) is 0.714. The molecule has 0 saturated carbocycles. The smallest absolute Gasteiger partial charge is 0.144 e. The predicted octanol–water partition coefficient (Wildman–Crippen LogP) is 5.01. The maximum absolute atomic E-state index is 6.23. The highest BCUT2D eigenvalue weighted by Crippen LogP contribution is 2.37. The van der Waals surface area contributed by atoms with Gasteiger partial charge in [0.1, 0.15) is 17.3 Å². The standard InChI is InChI=1S/C18H18ClN3OS/c1-23-16-6-5-13(19)10-15(16)22-18-14(4-2-3-8-20-18)17(21-22)12-7-9-24-11-12/h5-7,9-11,20H,2-4,8H2,1H3. The lowest BCUT2D eigenvalue weighted by Crippen LogP contribution is -2.08. The second-order valence-electron chi connectivity index (χ2n) is 5.80. The molecule has 0 bridgehead atoms. The van der Waals surface area contributed by atoms with Crippen LogP contribution < -0.4 is 10.1 Å². The van der Waals surface area contributed by atoms with E-state index >= 15 is 0 Å². The van der Waals surface area contributed by atoms with E-state index in [2.05, 4.69) is 22.1 Å². The van der Waals surface area contributed by atoms with Gasteiger partial charge in [0, 0.05) is 28.1 Å². The Hall–Kier alpha value is -1.98. The summed E-state index contributed by atoms with van der Waals surface area (Å²) in [5.41, 5.74) is 4.34. The fourth-order valence-corrected chi connectivity index (χ4v) is 3.94. The van der Waals surface area contributed by atoms with E-state index in [-0.39, 0.29) is 0 Å². The van der Waals surface area contributed by atoms with E-state index in [0.717, 1.165) is 48.8 Å². The molecule has 6 heteroatoms. The Morgan fingerprint density at radius 3 is 3.00 bits per heavy atom. The number of methoxy groups -OCH3 is 1. The highest BCUT2D eigenvalue weighted by molar-refractivity contribution is 7.08. The minimum Gasteiger partial charge on any atom is -0.494 e. The molecule has 1 aliphatic rings. The van der Waals surface area contributed by atoms with Gasteiger partial charge in [0.25, 0.3) is 0 Å². The van der Waals surface area contributed by atoms with Gasteiger partial charge in [-0.1, -0.05) is 11.6 Å². The molecule has 0 aliphatic carbocycles. The summed E-state index contributed by atoms with van der Waals surface area (Å²) < 4.78 is 7.47. The number of rotatable bonds is 3. The van der Waals surface area contributed by atoms with Gasteiger partial charge < -0.3 is 10.1 Å². The van der Waals surface area contributed by atoms with E-state index in [1.165, 1.54) is 11.1 Å². The maximum atomic E-state index is 6.23. The highest BCUT2D eigenvalue weighted by Gasteiger charge is 2.23. The normalized spacial score (nSPS) is 13.9. The number of halogens is 1. The number of anilines is 1. The zero-order valence-corrected chi connectivity index (χ0v) is 15.0. The Morgan fingerprint density at radius 1 is 1.29 bits per heavy atom. The van der Waals surface area contributed by atoms with E-state index < -0.39 is 0 Å². The van der Waals surface area contributed by atoms with Crippen LogP contribution in [0.3, 0.4) is 0 Å². The Labute approximate surface area is 150 Å². The molecule has 3 aromatic rings. The van der Waals surface area contributed by atoms with E-state index in [9.17, 15) is 0 Å². The lowest BCUT2D eigenvalue weighted by atomic mass is 10.1. The SMILES string of the molecule is COc1ccc(Cl)cc1-n1nc(-c2ccsc2)c2c1NCCCC2. The molecule has 24 heavy (non-hydrogen) atoms. The fourth-order valence-electron chi connectivity index (χ4n) is 3.14. The predicted molar refractivity (Wildman–Crippen MR) is 99.9 cm³/mol. The minimum atomic E-state index is 0.667. The molecule has 3 heterocycles. The summed E-state index contributed by atoms with van der Waals surface area (Å²) >= 11 is 7.92. The van der Waals surface area contributed by atoms with Crippen molar-refractivity contribution in [1.29, 1.82) is 0 Å². The van der Waals surface area contributed by atoms with E-state index in [1.54, 1.807) is 18.4 Å². The second-order valence-corrected chi connectivity index (χ2v) is 7.02. The summed E-state index contributed by atoms with van der Waals surface area (Å²) in [7, 11) is 1.67. The zero-order valence-electron chi connectivity index (χ0n) is 13.4. The van der Waals surface area contributed by atoms with Gasteiger partial charge in [0.15, 0.2) is 0 Å². The molecule has 0 amide bonds. The molecule has 0 unspecified atom stereocenters. The number of benzene rings is 1. The molecular formula is C18H18ClN3OS. The Morgan fingerprint density at radius 2 is 2.21 bits per heavy atom. The van der Waals surface area contributed by atoms with Crippen LogP contribution in [0.4, 0.5) is 5.82 Å². The number of hydrogen-bond donors (Lipinski definition) is 1. The fraction of sp³-hybridized carbons (Fsp3) is 0.278. The molecule has 2 aromatic heterocycles. The van der Waals surface area contributed by atoms with Crippen molar-refractivity contribution in [2.24, 2.45) is 0 Å². The third-order valence-electron chi connectivity index (χ3n) is 4.29. The first-order chi connectivity index (χ1) is 11.8. The van der Waals surface area contributed by atoms with Crippen molar-refractivity contribution in [3.8, 4) is 22.7 Å².